The van der Waals surface area contributed by atoms with E-state index in [0.717, 1.165) is 22.6 Å². The number of nitrogens with one attached hydrogen (secondary N) is 2. The first-order valence-corrected chi connectivity index (χ1v) is 15.1. The zero-order chi connectivity index (χ0) is 31.9. The van der Waals surface area contributed by atoms with Gasteiger partial charge in [0.15, 0.2) is 18.1 Å². The molecule has 0 atom stereocenters. The number of carbonyl (C=O) groups is 2. The number of benzene rings is 3. The molecule has 2 aromatic heterocycles. The summed E-state index contributed by atoms with van der Waals surface area (Å²) in [4.78, 5) is 24.8. The number of carbonyl (C=O) groups excluding carboxylic acids is 2. The summed E-state index contributed by atoms with van der Waals surface area (Å²) in [6.45, 7) is 6.02. The first-order valence-electron chi connectivity index (χ1n) is 13.9. The van der Waals surface area contributed by atoms with Crippen LogP contribution < -0.4 is 20.2 Å². The Morgan fingerprint density at radius 1 is 0.933 bits per heavy atom. The zero-order valence-electron chi connectivity index (χ0n) is 24.8. The van der Waals surface area contributed by atoms with Crippen LogP contribution in [-0.4, -0.2) is 29.2 Å². The third kappa shape index (κ3) is 8.23. The highest BCUT2D eigenvalue weighted by molar-refractivity contribution is 9.10. The van der Waals surface area contributed by atoms with Crippen LogP contribution in [0.15, 0.2) is 98.9 Å². The fraction of sp³-hybridized carbons (Fsp3) is 0.147. The highest BCUT2D eigenvalue weighted by atomic mass is 79.9. The first-order chi connectivity index (χ1) is 21.7. The lowest BCUT2D eigenvalue weighted by Crippen LogP contribution is -2.20. The predicted octanol–water partition coefficient (Wildman–Crippen LogP) is 7.77. The number of amides is 2. The maximum Gasteiger partial charge on any atom is 0.307 e. The van der Waals surface area contributed by atoms with E-state index in [0.29, 0.717) is 33.0 Å². The average Bonchev–Trinajstić information content (AvgIpc) is 3.63. The van der Waals surface area contributed by atoms with Crippen LogP contribution in [0.5, 0.6) is 11.5 Å². The van der Waals surface area contributed by atoms with E-state index in [9.17, 15) is 9.59 Å². The van der Waals surface area contributed by atoms with Crippen molar-refractivity contribution in [3.05, 3.63) is 128 Å². The number of aryl methyl sites for hydroxylation is 3. The topological polar surface area (TPSA) is 107 Å². The summed E-state index contributed by atoms with van der Waals surface area (Å²) < 4.78 is 19.8. The van der Waals surface area contributed by atoms with Crippen molar-refractivity contribution in [3.8, 4) is 17.2 Å². The van der Waals surface area contributed by atoms with E-state index < -0.39 is 5.91 Å². The molecule has 0 aliphatic carbocycles. The monoisotopic (exact) mass is 688 g/mol. The SMILES string of the molecule is Cc1ccc(NC(=O)COc2c(Cl)cc(/C=N/NC(=O)c3ccc(COc4ccc(-n5c(C)ccc5C)cc4)o3)cc2Br)cc1. The number of aromatic nitrogens is 1. The van der Waals surface area contributed by atoms with Gasteiger partial charge in [-0.05, 0) is 115 Å². The van der Waals surface area contributed by atoms with Crippen LogP contribution in [0, 0.1) is 20.8 Å². The Balaban J connectivity index is 1.10. The molecule has 2 heterocycles. The maximum absolute atomic E-state index is 12.6. The van der Waals surface area contributed by atoms with E-state index in [4.69, 9.17) is 25.5 Å². The van der Waals surface area contributed by atoms with Crippen molar-refractivity contribution in [2.45, 2.75) is 27.4 Å². The van der Waals surface area contributed by atoms with Gasteiger partial charge in [0.1, 0.15) is 18.1 Å². The summed E-state index contributed by atoms with van der Waals surface area (Å²) in [5.41, 5.74) is 8.15. The van der Waals surface area contributed by atoms with Crippen molar-refractivity contribution in [2.24, 2.45) is 5.10 Å². The molecule has 0 unspecified atom stereocenters. The van der Waals surface area contributed by atoms with Crippen LogP contribution in [0.1, 0.15) is 38.8 Å². The molecule has 9 nitrogen and oxygen atoms in total. The molecule has 0 aliphatic rings. The zero-order valence-corrected chi connectivity index (χ0v) is 27.1. The normalized spacial score (nSPS) is 11.0. The van der Waals surface area contributed by atoms with Gasteiger partial charge in [-0.15, -0.1) is 0 Å². The third-order valence-electron chi connectivity index (χ3n) is 6.72. The molecule has 0 aliphatic heterocycles. The van der Waals surface area contributed by atoms with Crippen LogP contribution in [0.25, 0.3) is 5.69 Å². The van der Waals surface area contributed by atoms with E-state index in [-0.39, 0.29) is 29.9 Å². The van der Waals surface area contributed by atoms with Gasteiger partial charge in [0.25, 0.3) is 5.91 Å². The van der Waals surface area contributed by atoms with Crippen molar-refractivity contribution in [1.29, 1.82) is 0 Å². The van der Waals surface area contributed by atoms with Gasteiger partial charge in [-0.3, -0.25) is 9.59 Å². The highest BCUT2D eigenvalue weighted by Crippen LogP contribution is 2.34. The van der Waals surface area contributed by atoms with E-state index in [1.165, 1.54) is 6.21 Å². The molecule has 2 amide bonds. The van der Waals surface area contributed by atoms with Crippen LogP contribution in [0.4, 0.5) is 5.69 Å². The molecule has 5 aromatic rings. The molecular formula is C34H30BrClN4O5. The van der Waals surface area contributed by atoms with Crippen molar-refractivity contribution >= 4 is 51.2 Å². The molecule has 0 spiro atoms. The number of rotatable bonds is 11. The molecule has 0 bridgehead atoms. The molecule has 0 saturated heterocycles. The van der Waals surface area contributed by atoms with Crippen molar-refractivity contribution in [1.82, 2.24) is 9.99 Å². The van der Waals surface area contributed by atoms with Gasteiger partial charge in [0.2, 0.25) is 0 Å². The second-order valence-corrected chi connectivity index (χ2v) is 11.5. The molecule has 2 N–H and O–H groups in total. The second kappa shape index (κ2) is 14.3. The lowest BCUT2D eigenvalue weighted by molar-refractivity contribution is -0.118. The van der Waals surface area contributed by atoms with Gasteiger partial charge < -0.3 is 23.8 Å². The van der Waals surface area contributed by atoms with E-state index in [2.05, 4.69) is 62.3 Å². The second-order valence-electron chi connectivity index (χ2n) is 10.2. The van der Waals surface area contributed by atoms with Gasteiger partial charge in [-0.1, -0.05) is 29.3 Å². The van der Waals surface area contributed by atoms with Gasteiger partial charge >= 0.3 is 5.91 Å². The minimum Gasteiger partial charge on any atom is -0.486 e. The Morgan fingerprint density at radius 2 is 1.64 bits per heavy atom. The van der Waals surface area contributed by atoms with Crippen LogP contribution in [0.2, 0.25) is 5.02 Å². The van der Waals surface area contributed by atoms with Gasteiger partial charge in [-0.2, -0.15) is 5.10 Å². The van der Waals surface area contributed by atoms with E-state index in [1.54, 1.807) is 24.3 Å². The number of anilines is 1. The quantitative estimate of drug-likeness (QED) is 0.109. The van der Waals surface area contributed by atoms with Gasteiger partial charge in [0.05, 0.1) is 15.7 Å². The largest absolute Gasteiger partial charge is 0.486 e. The number of halogens is 2. The van der Waals surface area contributed by atoms with E-state index >= 15 is 0 Å². The molecular weight excluding hydrogens is 660 g/mol. The molecule has 230 valence electrons. The maximum atomic E-state index is 12.6. The fourth-order valence-electron chi connectivity index (χ4n) is 4.48. The lowest BCUT2D eigenvalue weighted by atomic mass is 10.2. The molecule has 0 radical (unpaired) electrons. The van der Waals surface area contributed by atoms with Crippen molar-refractivity contribution in [3.63, 3.8) is 0 Å². The molecule has 0 fully saturated rings. The first kappa shape index (κ1) is 31.6. The van der Waals surface area contributed by atoms with Crippen molar-refractivity contribution < 1.29 is 23.5 Å². The molecule has 45 heavy (non-hydrogen) atoms. The number of hydrogen-bond donors (Lipinski definition) is 2. The fourth-order valence-corrected chi connectivity index (χ4v) is 5.47. The molecule has 0 saturated carbocycles. The Labute approximate surface area is 273 Å². The van der Waals surface area contributed by atoms with Crippen LogP contribution in [0.3, 0.4) is 0 Å². The highest BCUT2D eigenvalue weighted by Gasteiger charge is 2.13. The summed E-state index contributed by atoms with van der Waals surface area (Å²) in [5.74, 6) is 0.721. The smallest absolute Gasteiger partial charge is 0.307 e. The minimum atomic E-state index is -0.524. The number of hydrazone groups is 1. The van der Waals surface area contributed by atoms with Gasteiger partial charge in [-0.25, -0.2) is 5.43 Å². The summed E-state index contributed by atoms with van der Waals surface area (Å²) >= 11 is 9.80. The van der Waals surface area contributed by atoms with Crippen LogP contribution in [-0.2, 0) is 11.4 Å². The summed E-state index contributed by atoms with van der Waals surface area (Å²) in [5, 5.41) is 7.03. The Kier molecular flexibility index (Phi) is 10.1. The molecule has 5 rings (SSSR count). The lowest BCUT2D eigenvalue weighted by Gasteiger charge is -2.11. The Bertz CT molecular complexity index is 1800. The van der Waals surface area contributed by atoms with Crippen molar-refractivity contribution in [2.75, 3.05) is 11.9 Å². The number of hydrogen-bond acceptors (Lipinski definition) is 6. The summed E-state index contributed by atoms with van der Waals surface area (Å²) in [7, 11) is 0. The number of furan rings is 1. The standard InChI is InChI=1S/C34H30BrClN4O5/c1-21-4-8-25(9-5-21)38-32(41)20-44-33-29(35)16-24(17-30(33)36)18-37-39-34(42)31-15-14-28(45-31)19-43-27-12-10-26(11-13-27)40-22(2)6-7-23(40)3/h4-18H,19-20H2,1-3H3,(H,38,41)(H,39,42)/b37-18+. The number of nitrogens with zero attached hydrogens (tertiary/aromatic N) is 2. The molecule has 11 heteroatoms. The number of ether oxygens (including phenoxy) is 2. The average molecular weight is 690 g/mol. The Morgan fingerprint density at radius 3 is 2.33 bits per heavy atom. The minimum absolute atomic E-state index is 0.0894. The Hall–Kier alpha value is -4.80. The summed E-state index contributed by atoms with van der Waals surface area (Å²) in [6, 6.07) is 25.9. The van der Waals surface area contributed by atoms with E-state index in [1.807, 2.05) is 55.5 Å². The summed E-state index contributed by atoms with van der Waals surface area (Å²) in [6.07, 6.45) is 1.43. The van der Waals surface area contributed by atoms with Gasteiger partial charge in [0, 0.05) is 22.8 Å². The predicted molar refractivity (Wildman–Crippen MR) is 178 cm³/mol. The third-order valence-corrected chi connectivity index (χ3v) is 7.59. The van der Waals surface area contributed by atoms with Crippen LogP contribution >= 0.6 is 27.5 Å². The molecule has 3 aromatic carbocycles.